The van der Waals surface area contributed by atoms with Gasteiger partial charge in [0.15, 0.2) is 0 Å². The molecule has 2 rings (SSSR count). The quantitative estimate of drug-likeness (QED) is 0.743. The molecule has 0 spiro atoms. The lowest BCUT2D eigenvalue weighted by atomic mass is 10.2. The van der Waals surface area contributed by atoms with E-state index in [1.807, 2.05) is 19.1 Å². The maximum atomic E-state index is 5.57. The van der Waals surface area contributed by atoms with Gasteiger partial charge in [-0.25, -0.2) is 0 Å². The number of nitrogens with one attached hydrogen (secondary N) is 1. The number of furan rings is 1. The molecule has 1 aromatic rings. The zero-order chi connectivity index (χ0) is 9.97. The number of rotatable bonds is 3. The molecule has 2 heteroatoms. The van der Waals surface area contributed by atoms with Gasteiger partial charge in [0.1, 0.15) is 11.5 Å². The summed E-state index contributed by atoms with van der Waals surface area (Å²) in [5.74, 6) is 2.01. The van der Waals surface area contributed by atoms with Crippen LogP contribution in [0.3, 0.4) is 0 Å². The SMILES string of the molecule is Cc1ccc(C(C)NC2C=CCC2)o1. The van der Waals surface area contributed by atoms with Crippen molar-refractivity contribution < 1.29 is 4.42 Å². The second kappa shape index (κ2) is 4.01. The molecular formula is C12H17NO. The van der Waals surface area contributed by atoms with Gasteiger partial charge in [-0.15, -0.1) is 0 Å². The zero-order valence-electron chi connectivity index (χ0n) is 8.79. The fourth-order valence-electron chi connectivity index (χ4n) is 1.86. The van der Waals surface area contributed by atoms with E-state index < -0.39 is 0 Å². The van der Waals surface area contributed by atoms with Crippen LogP contribution in [0.4, 0.5) is 0 Å². The first-order valence-corrected chi connectivity index (χ1v) is 5.25. The lowest BCUT2D eigenvalue weighted by molar-refractivity contribution is 0.398. The van der Waals surface area contributed by atoms with E-state index in [1.54, 1.807) is 0 Å². The van der Waals surface area contributed by atoms with Gasteiger partial charge in [0.05, 0.1) is 6.04 Å². The summed E-state index contributed by atoms with van der Waals surface area (Å²) in [4.78, 5) is 0. The number of hydrogen-bond acceptors (Lipinski definition) is 2. The molecule has 1 N–H and O–H groups in total. The van der Waals surface area contributed by atoms with E-state index in [-0.39, 0.29) is 0 Å². The summed E-state index contributed by atoms with van der Waals surface area (Å²) in [6, 6.07) is 4.88. The molecule has 0 fully saturated rings. The average Bonchev–Trinajstić information content (AvgIpc) is 2.75. The molecule has 2 nitrogen and oxygen atoms in total. The molecule has 0 aromatic carbocycles. The monoisotopic (exact) mass is 191 g/mol. The Hall–Kier alpha value is -1.02. The first kappa shape index (κ1) is 9.53. The van der Waals surface area contributed by atoms with E-state index in [0.717, 1.165) is 11.5 Å². The van der Waals surface area contributed by atoms with Gasteiger partial charge in [-0.3, -0.25) is 0 Å². The normalized spacial score (nSPS) is 22.9. The molecule has 1 aromatic heterocycles. The summed E-state index contributed by atoms with van der Waals surface area (Å²) >= 11 is 0. The van der Waals surface area contributed by atoms with Crippen LogP contribution in [-0.2, 0) is 0 Å². The molecule has 1 aliphatic carbocycles. The Bertz CT molecular complexity index is 327. The Morgan fingerprint density at radius 1 is 1.50 bits per heavy atom. The minimum Gasteiger partial charge on any atom is -0.465 e. The van der Waals surface area contributed by atoms with E-state index in [2.05, 4.69) is 24.4 Å². The summed E-state index contributed by atoms with van der Waals surface area (Å²) in [5, 5.41) is 3.53. The molecule has 2 atom stereocenters. The van der Waals surface area contributed by atoms with E-state index in [0.29, 0.717) is 12.1 Å². The molecule has 0 saturated carbocycles. The van der Waals surface area contributed by atoms with Crippen LogP contribution in [0.1, 0.15) is 37.3 Å². The third-order valence-electron chi connectivity index (χ3n) is 2.66. The van der Waals surface area contributed by atoms with Gasteiger partial charge >= 0.3 is 0 Å². The van der Waals surface area contributed by atoms with Crippen molar-refractivity contribution in [2.75, 3.05) is 0 Å². The van der Waals surface area contributed by atoms with E-state index in [1.165, 1.54) is 12.8 Å². The summed E-state index contributed by atoms with van der Waals surface area (Å²) in [5.41, 5.74) is 0. The van der Waals surface area contributed by atoms with Gasteiger partial charge in [-0.1, -0.05) is 12.2 Å². The zero-order valence-corrected chi connectivity index (χ0v) is 8.79. The highest BCUT2D eigenvalue weighted by molar-refractivity contribution is 5.10. The number of hydrogen-bond donors (Lipinski definition) is 1. The van der Waals surface area contributed by atoms with Crippen LogP contribution in [0.2, 0.25) is 0 Å². The van der Waals surface area contributed by atoms with Crippen molar-refractivity contribution in [2.24, 2.45) is 0 Å². The predicted octanol–water partition coefficient (Wildman–Crippen LogP) is 2.96. The average molecular weight is 191 g/mol. The standard InChI is InChI=1S/C12H17NO/c1-9-7-8-12(14-9)10(2)13-11-5-3-4-6-11/h3,5,7-8,10-11,13H,4,6H2,1-2H3. The first-order chi connectivity index (χ1) is 6.75. The Kier molecular flexibility index (Phi) is 2.73. The van der Waals surface area contributed by atoms with Crippen LogP contribution < -0.4 is 5.32 Å². The van der Waals surface area contributed by atoms with Gasteiger partial charge in [-0.2, -0.15) is 0 Å². The van der Waals surface area contributed by atoms with E-state index >= 15 is 0 Å². The molecule has 1 heterocycles. The highest BCUT2D eigenvalue weighted by Gasteiger charge is 2.15. The van der Waals surface area contributed by atoms with Crippen LogP contribution in [0.25, 0.3) is 0 Å². The van der Waals surface area contributed by atoms with Gasteiger partial charge in [0, 0.05) is 6.04 Å². The Labute approximate surface area is 85.0 Å². The second-order valence-electron chi connectivity index (χ2n) is 3.95. The molecule has 76 valence electrons. The number of aryl methyl sites for hydroxylation is 1. The highest BCUT2D eigenvalue weighted by Crippen LogP contribution is 2.19. The fourth-order valence-corrected chi connectivity index (χ4v) is 1.86. The Morgan fingerprint density at radius 2 is 2.36 bits per heavy atom. The molecule has 0 radical (unpaired) electrons. The summed E-state index contributed by atoms with van der Waals surface area (Å²) in [6.07, 6.45) is 6.88. The maximum Gasteiger partial charge on any atom is 0.120 e. The molecule has 0 bridgehead atoms. The first-order valence-electron chi connectivity index (χ1n) is 5.25. The Balaban J connectivity index is 1.94. The van der Waals surface area contributed by atoms with Crippen molar-refractivity contribution in [2.45, 2.75) is 38.8 Å². The minimum atomic E-state index is 0.302. The van der Waals surface area contributed by atoms with Crippen LogP contribution in [0, 0.1) is 6.92 Å². The van der Waals surface area contributed by atoms with Crippen molar-refractivity contribution in [1.82, 2.24) is 5.32 Å². The van der Waals surface area contributed by atoms with E-state index in [9.17, 15) is 0 Å². The van der Waals surface area contributed by atoms with Crippen molar-refractivity contribution >= 4 is 0 Å². The molecule has 14 heavy (non-hydrogen) atoms. The molecular weight excluding hydrogens is 174 g/mol. The van der Waals surface area contributed by atoms with Crippen molar-refractivity contribution in [3.63, 3.8) is 0 Å². The van der Waals surface area contributed by atoms with Gasteiger partial charge in [0.2, 0.25) is 0 Å². The third-order valence-corrected chi connectivity index (χ3v) is 2.66. The molecule has 0 saturated heterocycles. The fraction of sp³-hybridized carbons (Fsp3) is 0.500. The lowest BCUT2D eigenvalue weighted by Gasteiger charge is -2.16. The minimum absolute atomic E-state index is 0.302. The molecule has 1 aliphatic rings. The van der Waals surface area contributed by atoms with Crippen molar-refractivity contribution in [3.8, 4) is 0 Å². The van der Waals surface area contributed by atoms with E-state index in [4.69, 9.17) is 4.42 Å². The Morgan fingerprint density at radius 3 is 2.93 bits per heavy atom. The largest absolute Gasteiger partial charge is 0.465 e. The highest BCUT2D eigenvalue weighted by atomic mass is 16.3. The van der Waals surface area contributed by atoms with Gasteiger partial charge in [0.25, 0.3) is 0 Å². The smallest absolute Gasteiger partial charge is 0.120 e. The molecule has 0 aliphatic heterocycles. The van der Waals surface area contributed by atoms with Crippen LogP contribution in [0.5, 0.6) is 0 Å². The van der Waals surface area contributed by atoms with Gasteiger partial charge < -0.3 is 9.73 Å². The molecule has 2 unspecified atom stereocenters. The second-order valence-corrected chi connectivity index (χ2v) is 3.95. The summed E-state index contributed by atoms with van der Waals surface area (Å²) in [6.45, 7) is 4.12. The van der Waals surface area contributed by atoms with Crippen LogP contribution >= 0.6 is 0 Å². The van der Waals surface area contributed by atoms with Crippen molar-refractivity contribution in [1.29, 1.82) is 0 Å². The third kappa shape index (κ3) is 2.07. The summed E-state index contributed by atoms with van der Waals surface area (Å²) in [7, 11) is 0. The molecule has 0 amide bonds. The lowest BCUT2D eigenvalue weighted by Crippen LogP contribution is -2.27. The van der Waals surface area contributed by atoms with Crippen LogP contribution in [-0.4, -0.2) is 6.04 Å². The topological polar surface area (TPSA) is 25.2 Å². The predicted molar refractivity (Wildman–Crippen MR) is 57.2 cm³/mol. The van der Waals surface area contributed by atoms with Gasteiger partial charge in [-0.05, 0) is 38.8 Å². The maximum absolute atomic E-state index is 5.57. The summed E-state index contributed by atoms with van der Waals surface area (Å²) < 4.78 is 5.57. The van der Waals surface area contributed by atoms with Crippen LogP contribution in [0.15, 0.2) is 28.7 Å². The van der Waals surface area contributed by atoms with Crippen molar-refractivity contribution in [3.05, 3.63) is 35.8 Å². The number of allylic oxidation sites excluding steroid dienone is 1.